The molecule has 2 nitrogen and oxygen atoms in total. The second-order valence-electron chi connectivity index (χ2n) is 3.40. The topological polar surface area (TPSA) is 26.3 Å². The number of hydrogen-bond donors (Lipinski definition) is 0. The fraction of sp³-hybridized carbons (Fsp3) is 0.250. The minimum atomic E-state index is -4.58. The molecule has 17 heavy (non-hydrogen) atoms. The highest BCUT2D eigenvalue weighted by Gasteiger charge is 2.44. The van der Waals surface area contributed by atoms with E-state index in [1.807, 2.05) is 0 Å². The summed E-state index contributed by atoms with van der Waals surface area (Å²) < 4.78 is 42.9. The molecule has 0 spiro atoms. The Morgan fingerprint density at radius 1 is 1.29 bits per heavy atom. The Balaban J connectivity index is 3.15. The van der Waals surface area contributed by atoms with Gasteiger partial charge in [0.05, 0.1) is 7.11 Å². The second kappa shape index (κ2) is 5.03. The number of ether oxygens (including phenoxy) is 1. The highest BCUT2D eigenvalue weighted by atomic mass is 19.4. The third kappa shape index (κ3) is 3.09. The first-order valence-electron chi connectivity index (χ1n) is 4.76. The van der Waals surface area contributed by atoms with Crippen LogP contribution in [0.3, 0.4) is 0 Å². The Morgan fingerprint density at radius 3 is 2.24 bits per heavy atom. The molecule has 1 aromatic rings. The number of benzene rings is 1. The first kappa shape index (κ1) is 13.3. The van der Waals surface area contributed by atoms with E-state index in [2.05, 4.69) is 11.3 Å². The average molecular weight is 244 g/mol. The normalized spacial score (nSPS) is 12.9. The number of esters is 1. The van der Waals surface area contributed by atoms with Crippen LogP contribution in [0.4, 0.5) is 13.2 Å². The van der Waals surface area contributed by atoms with Crippen molar-refractivity contribution in [2.24, 2.45) is 0 Å². The summed E-state index contributed by atoms with van der Waals surface area (Å²) >= 11 is 0. The van der Waals surface area contributed by atoms with Gasteiger partial charge < -0.3 is 4.74 Å². The summed E-state index contributed by atoms with van der Waals surface area (Å²) in [6.45, 7) is 3.17. The molecule has 0 bridgehead atoms. The highest BCUT2D eigenvalue weighted by molar-refractivity contribution is 5.89. The molecule has 0 saturated carbocycles. The molecule has 0 saturated heterocycles. The van der Waals surface area contributed by atoms with E-state index in [-0.39, 0.29) is 5.56 Å². The molecule has 0 radical (unpaired) electrons. The summed E-state index contributed by atoms with van der Waals surface area (Å²) in [4.78, 5) is 11.2. The minimum absolute atomic E-state index is 0.0320. The Kier molecular flexibility index (Phi) is 3.93. The van der Waals surface area contributed by atoms with E-state index in [4.69, 9.17) is 0 Å². The fourth-order valence-electron chi connectivity index (χ4n) is 1.48. The summed E-state index contributed by atoms with van der Waals surface area (Å²) in [5.74, 6) is -3.09. The van der Waals surface area contributed by atoms with Crippen LogP contribution in [0, 0.1) is 0 Å². The maximum absolute atomic E-state index is 12.9. The average Bonchev–Trinajstić information content (AvgIpc) is 2.27. The number of carbonyl (C=O) groups excluding carboxylic acids is 1. The van der Waals surface area contributed by atoms with Gasteiger partial charge in [-0.25, -0.2) is 4.79 Å². The van der Waals surface area contributed by atoms with E-state index in [1.165, 1.54) is 24.3 Å². The minimum Gasteiger partial charge on any atom is -0.466 e. The molecule has 0 N–H and O–H groups in total. The van der Waals surface area contributed by atoms with Gasteiger partial charge in [0.25, 0.3) is 0 Å². The van der Waals surface area contributed by atoms with Gasteiger partial charge in [0.2, 0.25) is 0 Å². The van der Waals surface area contributed by atoms with Crippen LogP contribution in [0.15, 0.2) is 42.5 Å². The van der Waals surface area contributed by atoms with Gasteiger partial charge in [0.15, 0.2) is 0 Å². The van der Waals surface area contributed by atoms with Gasteiger partial charge in [-0.1, -0.05) is 36.9 Å². The molecule has 0 fully saturated rings. The van der Waals surface area contributed by atoms with Crippen LogP contribution < -0.4 is 0 Å². The van der Waals surface area contributed by atoms with Crippen molar-refractivity contribution in [2.75, 3.05) is 7.11 Å². The first-order chi connectivity index (χ1) is 7.88. The van der Waals surface area contributed by atoms with E-state index >= 15 is 0 Å². The Morgan fingerprint density at radius 2 is 1.82 bits per heavy atom. The SMILES string of the molecule is C=C(C(=O)OC)C(c1ccccc1)C(F)(F)F. The van der Waals surface area contributed by atoms with Crippen molar-refractivity contribution >= 4 is 5.97 Å². The summed E-state index contributed by atoms with van der Waals surface area (Å²) in [6, 6.07) is 7.13. The predicted octanol–water partition coefficient (Wildman–Crippen LogP) is 3.06. The third-order valence-corrected chi connectivity index (χ3v) is 2.26. The molecule has 1 rings (SSSR count). The lowest BCUT2D eigenvalue weighted by atomic mass is 9.91. The van der Waals surface area contributed by atoms with Crippen molar-refractivity contribution in [3.8, 4) is 0 Å². The van der Waals surface area contributed by atoms with Crippen LogP contribution in [0.25, 0.3) is 0 Å². The maximum Gasteiger partial charge on any atom is 0.399 e. The largest absolute Gasteiger partial charge is 0.466 e. The number of rotatable bonds is 3. The number of hydrogen-bond acceptors (Lipinski definition) is 2. The van der Waals surface area contributed by atoms with Crippen molar-refractivity contribution in [1.82, 2.24) is 0 Å². The van der Waals surface area contributed by atoms with Gasteiger partial charge in [-0.15, -0.1) is 0 Å². The van der Waals surface area contributed by atoms with Crippen LogP contribution in [-0.2, 0) is 9.53 Å². The Labute approximate surface area is 96.7 Å². The van der Waals surface area contributed by atoms with Gasteiger partial charge in [-0.05, 0) is 5.56 Å². The van der Waals surface area contributed by atoms with Gasteiger partial charge in [-0.3, -0.25) is 0 Å². The standard InChI is InChI=1S/C12H11F3O2/c1-8(11(16)17-2)10(12(13,14)15)9-6-4-3-5-7-9/h3-7,10H,1H2,2H3. The van der Waals surface area contributed by atoms with Gasteiger partial charge in [0, 0.05) is 5.57 Å². The van der Waals surface area contributed by atoms with Crippen molar-refractivity contribution in [3.63, 3.8) is 0 Å². The van der Waals surface area contributed by atoms with E-state index in [0.717, 1.165) is 7.11 Å². The molecule has 0 aliphatic rings. The van der Waals surface area contributed by atoms with E-state index < -0.39 is 23.6 Å². The lowest BCUT2D eigenvalue weighted by molar-refractivity contribution is -0.153. The Bertz CT molecular complexity index is 410. The summed E-state index contributed by atoms with van der Waals surface area (Å²) in [5, 5.41) is 0. The lowest BCUT2D eigenvalue weighted by Crippen LogP contribution is -2.26. The molecule has 5 heteroatoms. The quantitative estimate of drug-likeness (QED) is 0.603. The molecule has 0 amide bonds. The number of halogens is 3. The molecular weight excluding hydrogens is 233 g/mol. The molecule has 0 aromatic heterocycles. The van der Waals surface area contributed by atoms with Crippen molar-refractivity contribution in [1.29, 1.82) is 0 Å². The molecule has 1 unspecified atom stereocenters. The Hall–Kier alpha value is -1.78. The van der Waals surface area contributed by atoms with Gasteiger partial charge in [-0.2, -0.15) is 13.2 Å². The molecule has 1 aromatic carbocycles. The van der Waals surface area contributed by atoms with Crippen molar-refractivity contribution < 1.29 is 22.7 Å². The zero-order valence-corrected chi connectivity index (χ0v) is 9.12. The van der Waals surface area contributed by atoms with E-state index in [1.54, 1.807) is 6.07 Å². The van der Waals surface area contributed by atoms with E-state index in [0.29, 0.717) is 0 Å². The van der Waals surface area contributed by atoms with Crippen LogP contribution in [-0.4, -0.2) is 19.3 Å². The van der Waals surface area contributed by atoms with Crippen molar-refractivity contribution in [3.05, 3.63) is 48.0 Å². The van der Waals surface area contributed by atoms with Gasteiger partial charge >= 0.3 is 12.1 Å². The van der Waals surface area contributed by atoms with E-state index in [9.17, 15) is 18.0 Å². The van der Waals surface area contributed by atoms with Crippen LogP contribution >= 0.6 is 0 Å². The van der Waals surface area contributed by atoms with Crippen LogP contribution in [0.2, 0.25) is 0 Å². The van der Waals surface area contributed by atoms with Gasteiger partial charge in [0.1, 0.15) is 5.92 Å². The number of carbonyl (C=O) groups is 1. The molecule has 0 aliphatic carbocycles. The predicted molar refractivity (Wildman–Crippen MR) is 56.4 cm³/mol. The number of methoxy groups -OCH3 is 1. The maximum atomic E-state index is 12.9. The fourth-order valence-corrected chi connectivity index (χ4v) is 1.48. The zero-order valence-electron chi connectivity index (χ0n) is 9.12. The summed E-state index contributed by atoms with van der Waals surface area (Å²) in [7, 11) is 1.02. The van der Waals surface area contributed by atoms with Crippen LogP contribution in [0.5, 0.6) is 0 Å². The third-order valence-electron chi connectivity index (χ3n) is 2.26. The smallest absolute Gasteiger partial charge is 0.399 e. The highest BCUT2D eigenvalue weighted by Crippen LogP contribution is 2.39. The molecular formula is C12H11F3O2. The second-order valence-corrected chi connectivity index (χ2v) is 3.40. The number of alkyl halides is 3. The monoisotopic (exact) mass is 244 g/mol. The summed E-state index contributed by atoms with van der Waals surface area (Å²) in [6.07, 6.45) is -4.58. The first-order valence-corrected chi connectivity index (χ1v) is 4.76. The van der Waals surface area contributed by atoms with Crippen molar-refractivity contribution in [2.45, 2.75) is 12.1 Å². The zero-order chi connectivity index (χ0) is 13.1. The molecule has 0 aliphatic heterocycles. The lowest BCUT2D eigenvalue weighted by Gasteiger charge is -2.21. The molecule has 92 valence electrons. The van der Waals surface area contributed by atoms with Crippen LogP contribution in [0.1, 0.15) is 11.5 Å². The molecule has 0 heterocycles. The molecule has 1 atom stereocenters. The summed E-state index contributed by atoms with van der Waals surface area (Å²) in [5.41, 5.74) is -0.651.